The van der Waals surface area contributed by atoms with E-state index in [1.165, 1.54) is 0 Å². The van der Waals surface area contributed by atoms with Crippen molar-refractivity contribution in [2.45, 2.75) is 13.3 Å². The van der Waals surface area contributed by atoms with Crippen LogP contribution in [0.3, 0.4) is 0 Å². The molecule has 0 spiro atoms. The zero-order chi connectivity index (χ0) is 10.6. The van der Waals surface area contributed by atoms with Gasteiger partial charge in [0.1, 0.15) is 5.69 Å². The maximum Gasteiger partial charge on any atom is 0.269 e. The van der Waals surface area contributed by atoms with E-state index in [-0.39, 0.29) is 5.91 Å². The highest BCUT2D eigenvalue weighted by molar-refractivity contribution is 5.93. The Labute approximate surface area is 83.6 Å². The molecule has 4 nitrogen and oxygen atoms in total. The van der Waals surface area contributed by atoms with Crippen LogP contribution in [0.4, 0.5) is 0 Å². The molecule has 1 N–H and O–H groups in total. The van der Waals surface area contributed by atoms with Crippen molar-refractivity contribution in [3.63, 3.8) is 0 Å². The number of aryl methyl sites for hydroxylation is 1. The van der Waals surface area contributed by atoms with Gasteiger partial charge >= 0.3 is 0 Å². The molecule has 0 aliphatic rings. The molecule has 1 rings (SSSR count). The molecule has 4 heteroatoms. The number of nitrogens with zero attached hydrogens (tertiary/aromatic N) is 2. The zero-order valence-electron chi connectivity index (χ0n) is 8.58. The molecule has 0 bridgehead atoms. The second-order valence-corrected chi connectivity index (χ2v) is 2.99. The van der Waals surface area contributed by atoms with Crippen LogP contribution in [0.25, 0.3) is 0 Å². The SMILES string of the molecule is C=CCc1cnn(C)c1C(=O)NCC. The topological polar surface area (TPSA) is 46.9 Å². The Hall–Kier alpha value is -1.58. The Bertz CT molecular complexity index is 341. The highest BCUT2D eigenvalue weighted by Crippen LogP contribution is 2.08. The van der Waals surface area contributed by atoms with Crippen molar-refractivity contribution in [2.24, 2.45) is 7.05 Å². The van der Waals surface area contributed by atoms with E-state index in [0.717, 1.165) is 5.56 Å². The molecule has 0 radical (unpaired) electrons. The molecule has 0 unspecified atom stereocenters. The van der Waals surface area contributed by atoms with Crippen molar-refractivity contribution in [1.29, 1.82) is 0 Å². The summed E-state index contributed by atoms with van der Waals surface area (Å²) in [6.07, 6.45) is 4.13. The van der Waals surface area contributed by atoms with Crippen LogP contribution >= 0.6 is 0 Å². The van der Waals surface area contributed by atoms with E-state index in [1.807, 2.05) is 6.92 Å². The maximum absolute atomic E-state index is 11.6. The number of hydrogen-bond acceptors (Lipinski definition) is 2. The summed E-state index contributed by atoms with van der Waals surface area (Å²) in [5.74, 6) is -0.0793. The lowest BCUT2D eigenvalue weighted by atomic mass is 10.1. The van der Waals surface area contributed by atoms with E-state index in [9.17, 15) is 4.79 Å². The van der Waals surface area contributed by atoms with Crippen molar-refractivity contribution in [3.05, 3.63) is 30.1 Å². The number of amides is 1. The minimum Gasteiger partial charge on any atom is -0.351 e. The minimum absolute atomic E-state index is 0.0793. The van der Waals surface area contributed by atoms with Gasteiger partial charge in [0, 0.05) is 19.2 Å². The number of aromatic nitrogens is 2. The second kappa shape index (κ2) is 4.60. The molecule has 14 heavy (non-hydrogen) atoms. The molecular formula is C10H15N3O. The third kappa shape index (κ3) is 2.02. The van der Waals surface area contributed by atoms with E-state index in [0.29, 0.717) is 18.7 Å². The molecule has 0 saturated carbocycles. The molecule has 1 aromatic rings. The molecule has 0 aromatic carbocycles. The summed E-state index contributed by atoms with van der Waals surface area (Å²) in [4.78, 5) is 11.6. The summed E-state index contributed by atoms with van der Waals surface area (Å²) < 4.78 is 1.59. The largest absolute Gasteiger partial charge is 0.351 e. The zero-order valence-corrected chi connectivity index (χ0v) is 8.58. The predicted octanol–water partition coefficient (Wildman–Crippen LogP) is 0.898. The Morgan fingerprint density at radius 1 is 1.79 bits per heavy atom. The Morgan fingerprint density at radius 2 is 2.50 bits per heavy atom. The van der Waals surface area contributed by atoms with Gasteiger partial charge in [-0.05, 0) is 13.3 Å². The summed E-state index contributed by atoms with van der Waals surface area (Å²) in [5, 5.41) is 6.80. The number of allylic oxidation sites excluding steroid dienone is 1. The predicted molar refractivity (Wildman–Crippen MR) is 55.1 cm³/mol. The molecule has 0 aliphatic heterocycles. The van der Waals surface area contributed by atoms with Gasteiger partial charge in [-0.1, -0.05) is 6.08 Å². The smallest absolute Gasteiger partial charge is 0.269 e. The van der Waals surface area contributed by atoms with E-state index >= 15 is 0 Å². The van der Waals surface area contributed by atoms with Crippen LogP contribution in [0.2, 0.25) is 0 Å². The molecule has 0 atom stereocenters. The average molecular weight is 193 g/mol. The van der Waals surface area contributed by atoms with Crippen LogP contribution in [0, 0.1) is 0 Å². The van der Waals surface area contributed by atoms with Gasteiger partial charge in [-0.2, -0.15) is 5.10 Å². The molecule has 0 aliphatic carbocycles. The van der Waals surface area contributed by atoms with Crippen LogP contribution in [-0.2, 0) is 13.5 Å². The monoisotopic (exact) mass is 193 g/mol. The van der Waals surface area contributed by atoms with Gasteiger partial charge in [-0.25, -0.2) is 0 Å². The van der Waals surface area contributed by atoms with E-state index in [4.69, 9.17) is 0 Å². The van der Waals surface area contributed by atoms with Crippen molar-refractivity contribution in [2.75, 3.05) is 6.54 Å². The molecule has 1 aromatic heterocycles. The first-order valence-corrected chi connectivity index (χ1v) is 4.60. The second-order valence-electron chi connectivity index (χ2n) is 2.99. The van der Waals surface area contributed by atoms with Crippen molar-refractivity contribution < 1.29 is 4.79 Å². The normalized spacial score (nSPS) is 9.86. The minimum atomic E-state index is -0.0793. The van der Waals surface area contributed by atoms with Gasteiger partial charge in [-0.15, -0.1) is 6.58 Å². The Balaban J connectivity index is 2.97. The fourth-order valence-electron chi connectivity index (χ4n) is 1.32. The van der Waals surface area contributed by atoms with E-state index in [2.05, 4.69) is 17.0 Å². The van der Waals surface area contributed by atoms with Crippen molar-refractivity contribution in [1.82, 2.24) is 15.1 Å². The number of carbonyl (C=O) groups excluding carboxylic acids is 1. The first-order chi connectivity index (χ1) is 6.70. The average Bonchev–Trinajstić information content (AvgIpc) is 2.48. The van der Waals surface area contributed by atoms with Crippen LogP contribution < -0.4 is 5.32 Å². The lowest BCUT2D eigenvalue weighted by Gasteiger charge is -2.04. The highest BCUT2D eigenvalue weighted by atomic mass is 16.2. The van der Waals surface area contributed by atoms with E-state index in [1.54, 1.807) is 24.0 Å². The molecule has 0 fully saturated rings. The summed E-state index contributed by atoms with van der Waals surface area (Å²) in [6, 6.07) is 0. The summed E-state index contributed by atoms with van der Waals surface area (Å²) >= 11 is 0. The van der Waals surface area contributed by atoms with Crippen LogP contribution in [-0.4, -0.2) is 22.2 Å². The van der Waals surface area contributed by atoms with Gasteiger partial charge < -0.3 is 5.32 Å². The number of rotatable bonds is 4. The lowest BCUT2D eigenvalue weighted by molar-refractivity contribution is 0.0945. The maximum atomic E-state index is 11.6. The third-order valence-corrected chi connectivity index (χ3v) is 1.93. The van der Waals surface area contributed by atoms with Crippen molar-refractivity contribution >= 4 is 5.91 Å². The summed E-state index contributed by atoms with van der Waals surface area (Å²) in [7, 11) is 1.76. The summed E-state index contributed by atoms with van der Waals surface area (Å²) in [5.41, 5.74) is 1.53. The molecule has 1 heterocycles. The molecule has 0 saturated heterocycles. The number of hydrogen-bond donors (Lipinski definition) is 1. The third-order valence-electron chi connectivity index (χ3n) is 1.93. The highest BCUT2D eigenvalue weighted by Gasteiger charge is 2.14. The van der Waals surface area contributed by atoms with Crippen LogP contribution in [0.15, 0.2) is 18.9 Å². The number of nitrogens with one attached hydrogen (secondary N) is 1. The van der Waals surface area contributed by atoms with Gasteiger partial charge in [0.2, 0.25) is 0 Å². The molecule has 1 amide bonds. The standard InChI is InChI=1S/C10H15N3O/c1-4-6-8-7-12-13(3)9(8)10(14)11-5-2/h4,7H,1,5-6H2,2-3H3,(H,11,14). The first kappa shape index (κ1) is 10.5. The van der Waals surface area contributed by atoms with Crippen LogP contribution in [0.5, 0.6) is 0 Å². The quantitative estimate of drug-likeness (QED) is 0.722. The van der Waals surface area contributed by atoms with Gasteiger partial charge in [0.25, 0.3) is 5.91 Å². The fraction of sp³-hybridized carbons (Fsp3) is 0.400. The fourth-order valence-corrected chi connectivity index (χ4v) is 1.32. The lowest BCUT2D eigenvalue weighted by Crippen LogP contribution is -2.26. The first-order valence-electron chi connectivity index (χ1n) is 4.60. The van der Waals surface area contributed by atoms with Crippen molar-refractivity contribution in [3.8, 4) is 0 Å². The molecular weight excluding hydrogens is 178 g/mol. The van der Waals surface area contributed by atoms with Gasteiger partial charge in [0.15, 0.2) is 0 Å². The number of carbonyl (C=O) groups is 1. The van der Waals surface area contributed by atoms with Crippen LogP contribution in [0.1, 0.15) is 23.0 Å². The Kier molecular flexibility index (Phi) is 3.45. The summed E-state index contributed by atoms with van der Waals surface area (Å²) in [6.45, 7) is 6.16. The van der Waals surface area contributed by atoms with Gasteiger partial charge in [0.05, 0.1) is 6.20 Å². The Morgan fingerprint density at radius 3 is 3.07 bits per heavy atom. The van der Waals surface area contributed by atoms with E-state index < -0.39 is 0 Å². The van der Waals surface area contributed by atoms with Gasteiger partial charge in [-0.3, -0.25) is 9.48 Å². The molecule has 76 valence electrons.